The predicted molar refractivity (Wildman–Crippen MR) is 206 cm³/mol. The first-order chi connectivity index (χ1) is 24.0. The molecule has 1 aromatic rings. The molecule has 0 bridgehead atoms. The van der Waals surface area contributed by atoms with Crippen LogP contribution in [0.15, 0.2) is 30.3 Å². The molecule has 1 N–H and O–H groups in total. The van der Waals surface area contributed by atoms with Gasteiger partial charge >= 0.3 is 5.97 Å². The predicted octanol–water partition coefficient (Wildman–Crippen LogP) is 8.42. The molecule has 1 aliphatic heterocycles. The third kappa shape index (κ3) is 5.49. The number of hydrogen-bond donors (Lipinski definition) is 1. The van der Waals surface area contributed by atoms with E-state index in [1.54, 1.807) is 0 Å². The van der Waals surface area contributed by atoms with E-state index in [9.17, 15) is 13.2 Å². The van der Waals surface area contributed by atoms with Crippen LogP contribution in [0.3, 0.4) is 0 Å². The molecular weight excluding hydrogens is 653 g/mol. The Morgan fingerprint density at radius 2 is 1.53 bits per heavy atom. The number of methoxy groups -OCH3 is 1. The maximum absolute atomic E-state index is 12.2. The van der Waals surface area contributed by atoms with Crippen LogP contribution in [-0.4, -0.2) is 69.6 Å². The van der Waals surface area contributed by atoms with Gasteiger partial charge in [-0.3, -0.25) is 0 Å². The molecule has 0 aromatic heterocycles. The summed E-state index contributed by atoms with van der Waals surface area (Å²) in [5.41, 5.74) is 5.08. The topological polar surface area (TPSA) is 75.7 Å². The summed E-state index contributed by atoms with van der Waals surface area (Å²) in [4.78, 5) is 14.5. The Morgan fingerprint density at radius 3 is 2.20 bits per heavy atom. The third-order valence-corrected chi connectivity index (χ3v) is 19.5. The lowest BCUT2D eigenvalue weighted by Crippen LogP contribution is -2.68. The first-order valence-corrected chi connectivity index (χ1v) is 22.4. The van der Waals surface area contributed by atoms with Crippen LogP contribution >= 0.6 is 0 Å². The number of hydrogen-bond acceptors (Lipinski definition) is 6. The van der Waals surface area contributed by atoms with E-state index in [4.69, 9.17) is 4.74 Å². The molecule has 6 aliphatic carbocycles. The van der Waals surface area contributed by atoms with Crippen molar-refractivity contribution in [1.82, 2.24) is 10.2 Å². The Kier molecular flexibility index (Phi) is 8.65. The number of ether oxygens (including phenoxy) is 1. The average Bonchev–Trinajstić information content (AvgIpc) is 3.72. The second-order valence-electron chi connectivity index (χ2n) is 20.2. The third-order valence-electron chi connectivity index (χ3n) is 17.9. The summed E-state index contributed by atoms with van der Waals surface area (Å²) in [7, 11) is -1.40. The highest BCUT2D eigenvalue weighted by atomic mass is 32.2. The quantitative estimate of drug-likeness (QED) is 0.286. The van der Waals surface area contributed by atoms with Crippen LogP contribution in [0.2, 0.25) is 0 Å². The second kappa shape index (κ2) is 12.2. The smallest absolute Gasteiger partial charge is 0.337 e. The highest BCUT2D eigenvalue weighted by molar-refractivity contribution is 7.91. The first-order valence-electron chi connectivity index (χ1n) is 20.6. The van der Waals surface area contributed by atoms with Gasteiger partial charge in [-0.1, -0.05) is 59.8 Å². The molecule has 7 heteroatoms. The van der Waals surface area contributed by atoms with E-state index in [0.29, 0.717) is 52.3 Å². The summed E-state index contributed by atoms with van der Waals surface area (Å²) < 4.78 is 29.1. The summed E-state index contributed by atoms with van der Waals surface area (Å²) in [6, 6.07) is 8.14. The molecule has 0 amide bonds. The van der Waals surface area contributed by atoms with Crippen LogP contribution in [0.5, 0.6) is 0 Å². The van der Waals surface area contributed by atoms with Gasteiger partial charge in [-0.25, -0.2) is 13.2 Å². The number of nitrogens with zero attached hydrogens (tertiary/aromatic N) is 1. The Labute approximate surface area is 309 Å². The van der Waals surface area contributed by atoms with E-state index >= 15 is 0 Å². The lowest BCUT2D eigenvalue weighted by atomic mass is 9.32. The van der Waals surface area contributed by atoms with E-state index in [0.717, 1.165) is 43.2 Å². The molecule has 2 unspecified atom stereocenters. The van der Waals surface area contributed by atoms with Crippen LogP contribution in [0.4, 0.5) is 0 Å². The minimum Gasteiger partial charge on any atom is -0.465 e. The van der Waals surface area contributed by atoms with Gasteiger partial charge in [0, 0.05) is 31.7 Å². The van der Waals surface area contributed by atoms with Crippen molar-refractivity contribution in [2.45, 2.75) is 118 Å². The van der Waals surface area contributed by atoms with Crippen molar-refractivity contribution in [3.8, 4) is 0 Å². The molecule has 5 saturated carbocycles. The molecule has 6 nitrogen and oxygen atoms in total. The number of benzene rings is 1. The second-order valence-corrected chi connectivity index (χ2v) is 22.5. The van der Waals surface area contributed by atoms with Crippen molar-refractivity contribution < 1.29 is 17.9 Å². The fourth-order valence-corrected chi connectivity index (χ4v) is 16.0. The monoisotopic (exact) mass is 718 g/mol. The number of fused-ring (bicyclic) bond motifs is 7. The fraction of sp³-hybridized carbons (Fsp3) is 0.795. The van der Waals surface area contributed by atoms with Gasteiger partial charge in [0.25, 0.3) is 0 Å². The van der Waals surface area contributed by atoms with Gasteiger partial charge in [0.15, 0.2) is 9.84 Å². The minimum absolute atomic E-state index is 0.0557. The van der Waals surface area contributed by atoms with Crippen molar-refractivity contribution >= 4 is 21.4 Å². The van der Waals surface area contributed by atoms with E-state index in [1.807, 2.05) is 12.1 Å². The summed E-state index contributed by atoms with van der Waals surface area (Å²) >= 11 is 0. The highest BCUT2D eigenvalue weighted by Crippen LogP contribution is 2.78. The summed E-state index contributed by atoms with van der Waals surface area (Å²) in [5, 5.41) is 4.30. The molecule has 9 atom stereocenters. The zero-order valence-electron chi connectivity index (χ0n) is 32.8. The van der Waals surface area contributed by atoms with E-state index < -0.39 is 9.84 Å². The molecule has 0 radical (unpaired) electrons. The number of nitrogens with one attached hydrogen (secondary N) is 1. The largest absolute Gasteiger partial charge is 0.465 e. The molecule has 8 rings (SSSR count). The van der Waals surface area contributed by atoms with Crippen molar-refractivity contribution in [3.63, 3.8) is 0 Å². The Morgan fingerprint density at radius 1 is 0.824 bits per heavy atom. The van der Waals surface area contributed by atoms with E-state index in [-0.39, 0.29) is 22.3 Å². The van der Waals surface area contributed by atoms with Crippen molar-refractivity contribution in [1.29, 1.82) is 0 Å². The van der Waals surface area contributed by atoms with E-state index in [1.165, 1.54) is 82.5 Å². The van der Waals surface area contributed by atoms with Gasteiger partial charge in [0.2, 0.25) is 0 Å². The number of rotatable bonds is 7. The number of carbonyl (C=O) groups is 1. The number of sulfone groups is 1. The normalized spacial score (nSPS) is 43.5. The summed E-state index contributed by atoms with van der Waals surface area (Å²) in [6.07, 6.45) is 17.2. The minimum atomic E-state index is -2.85. The molecule has 7 aliphatic rings. The molecule has 51 heavy (non-hydrogen) atoms. The maximum Gasteiger partial charge on any atom is 0.337 e. The van der Waals surface area contributed by atoms with Gasteiger partial charge in [-0.05, 0) is 151 Å². The van der Waals surface area contributed by atoms with Crippen LogP contribution in [0, 0.1) is 56.7 Å². The molecular formula is C44H66N2O4S. The van der Waals surface area contributed by atoms with Gasteiger partial charge in [-0.15, -0.1) is 0 Å². The molecule has 6 fully saturated rings. The van der Waals surface area contributed by atoms with Crippen LogP contribution < -0.4 is 5.32 Å². The SMILES string of the molecule is COC(=O)c1ccc(C2=CC[C@]3(C)[C@H]4CC[C@@H]5C6[C@H](C7(C)CC7)CCC6(NCCN6CCS(=O)(=O)CC6)CC[C@@]5(C)[C@]4(C)CC[C@H]3C2(C)C)cc1. The van der Waals surface area contributed by atoms with Gasteiger partial charge < -0.3 is 15.0 Å². The summed E-state index contributed by atoms with van der Waals surface area (Å²) in [5.74, 6) is 4.05. The van der Waals surface area contributed by atoms with Crippen molar-refractivity contribution in [2.75, 3.05) is 44.8 Å². The zero-order valence-corrected chi connectivity index (χ0v) is 33.6. The van der Waals surface area contributed by atoms with Crippen LogP contribution in [-0.2, 0) is 14.6 Å². The molecule has 1 aromatic carbocycles. The van der Waals surface area contributed by atoms with Crippen molar-refractivity contribution in [3.05, 3.63) is 41.5 Å². The van der Waals surface area contributed by atoms with Gasteiger partial charge in [0.05, 0.1) is 24.2 Å². The maximum atomic E-state index is 12.2. The summed E-state index contributed by atoms with van der Waals surface area (Å²) in [6.45, 7) is 19.2. The standard InChI is InChI=1S/C44H66N2O4S/c1-39(2)32(30-8-10-31(11-9-30)38(47)50-7)14-17-41(4)35(39)16-18-43(6)36(41)13-12-34-37-33(40(3)20-21-40)15-19-44(37,23-22-42(34,43)5)45-24-25-46-26-28-51(48,49)29-27-46/h8-11,14,33-37,45H,12-13,15-29H2,1-7H3/t33-,34-,35+,36-,37?,41+,42-,43-,44?/m1/s1. The van der Waals surface area contributed by atoms with E-state index in [2.05, 4.69) is 70.0 Å². The Bertz CT molecular complexity index is 1670. The Hall–Kier alpha value is -1.70. The number of carbonyl (C=O) groups excluding carboxylic acids is 1. The number of esters is 1. The van der Waals surface area contributed by atoms with Gasteiger partial charge in [-0.2, -0.15) is 0 Å². The fourth-order valence-electron chi connectivity index (χ4n) is 14.7. The molecule has 282 valence electrons. The zero-order chi connectivity index (χ0) is 36.2. The lowest BCUT2D eigenvalue weighted by Gasteiger charge is -2.72. The lowest BCUT2D eigenvalue weighted by molar-refractivity contribution is -0.222. The van der Waals surface area contributed by atoms with Crippen LogP contribution in [0.1, 0.15) is 128 Å². The average molecular weight is 719 g/mol. The van der Waals surface area contributed by atoms with Crippen molar-refractivity contribution in [2.24, 2.45) is 56.7 Å². The van der Waals surface area contributed by atoms with Crippen LogP contribution in [0.25, 0.3) is 5.57 Å². The highest BCUT2D eigenvalue weighted by Gasteiger charge is 2.71. The Balaban J connectivity index is 1.06. The first kappa shape index (κ1) is 36.3. The number of allylic oxidation sites excluding steroid dienone is 2. The molecule has 1 saturated heterocycles. The molecule has 1 heterocycles. The molecule has 0 spiro atoms. The van der Waals surface area contributed by atoms with Gasteiger partial charge in [0.1, 0.15) is 0 Å².